The van der Waals surface area contributed by atoms with Gasteiger partial charge in [0, 0.05) is 6.42 Å². The van der Waals surface area contributed by atoms with Gasteiger partial charge in [-0.05, 0) is 73.7 Å². The Labute approximate surface area is 162 Å². The smallest absolute Gasteiger partial charge is 0.238 e. The standard InChI is InChI=1S/C23H34F2O2/c1-14(11-22(24)25)18-8-9-19-17(5-4-10-23(18,19)3)7-6-16-12-20(26)15(2)21(27)13-16/h6-7,14,18-22,26-27H,2,4-5,8-13H2,1,3H3/t14-,18+,19-,20+,21+,23+/m0/s1. The molecule has 6 atom stereocenters. The molecule has 0 spiro atoms. The Balaban J connectivity index is 1.76. The van der Waals surface area contributed by atoms with Gasteiger partial charge in [-0.15, -0.1) is 0 Å². The van der Waals surface area contributed by atoms with Gasteiger partial charge < -0.3 is 10.2 Å². The minimum atomic E-state index is -2.22. The summed E-state index contributed by atoms with van der Waals surface area (Å²) in [6.07, 6.45) is 7.25. The van der Waals surface area contributed by atoms with Crippen molar-refractivity contribution in [3.8, 4) is 0 Å². The predicted molar refractivity (Wildman–Crippen MR) is 105 cm³/mol. The molecule has 152 valence electrons. The third-order valence-corrected chi connectivity index (χ3v) is 7.57. The Morgan fingerprint density at radius 1 is 1.19 bits per heavy atom. The Bertz CT molecular complexity index is 608. The first-order chi connectivity index (χ1) is 12.7. The molecule has 0 aromatic carbocycles. The van der Waals surface area contributed by atoms with Crippen LogP contribution in [0.5, 0.6) is 0 Å². The average Bonchev–Trinajstić information content (AvgIpc) is 2.94. The topological polar surface area (TPSA) is 40.5 Å². The van der Waals surface area contributed by atoms with Crippen LogP contribution in [-0.4, -0.2) is 28.8 Å². The monoisotopic (exact) mass is 380 g/mol. The second-order valence-electron chi connectivity index (χ2n) is 9.28. The number of halogens is 2. The summed E-state index contributed by atoms with van der Waals surface area (Å²) in [7, 11) is 0. The van der Waals surface area contributed by atoms with Crippen LogP contribution in [0.15, 0.2) is 35.5 Å². The lowest BCUT2D eigenvalue weighted by molar-refractivity contribution is 0.0522. The zero-order valence-corrected chi connectivity index (χ0v) is 16.6. The van der Waals surface area contributed by atoms with Crippen LogP contribution in [0.1, 0.15) is 65.2 Å². The van der Waals surface area contributed by atoms with E-state index in [4.69, 9.17) is 0 Å². The van der Waals surface area contributed by atoms with E-state index in [1.807, 2.05) is 6.92 Å². The maximum Gasteiger partial charge on any atom is 0.238 e. The molecule has 3 aliphatic carbocycles. The van der Waals surface area contributed by atoms with Crippen molar-refractivity contribution in [2.45, 2.75) is 83.8 Å². The molecule has 3 fully saturated rings. The van der Waals surface area contributed by atoms with Gasteiger partial charge in [0.05, 0.1) is 12.2 Å². The van der Waals surface area contributed by atoms with Gasteiger partial charge in [0.25, 0.3) is 0 Å². The van der Waals surface area contributed by atoms with Crippen molar-refractivity contribution in [1.82, 2.24) is 0 Å². The number of hydrogen-bond acceptors (Lipinski definition) is 2. The van der Waals surface area contributed by atoms with Crippen LogP contribution in [0.25, 0.3) is 0 Å². The Hall–Kier alpha value is -1.00. The molecule has 2 N–H and O–H groups in total. The molecule has 0 aromatic heterocycles. The van der Waals surface area contributed by atoms with Gasteiger partial charge in [-0.25, -0.2) is 8.78 Å². The minimum Gasteiger partial charge on any atom is -0.388 e. The number of allylic oxidation sites excluding steroid dienone is 3. The summed E-state index contributed by atoms with van der Waals surface area (Å²) in [5.41, 5.74) is 3.12. The summed E-state index contributed by atoms with van der Waals surface area (Å²) in [5.74, 6) is 0.906. The second-order valence-corrected chi connectivity index (χ2v) is 9.28. The van der Waals surface area contributed by atoms with Crippen LogP contribution < -0.4 is 0 Å². The van der Waals surface area contributed by atoms with E-state index >= 15 is 0 Å². The quantitative estimate of drug-likeness (QED) is 0.640. The van der Waals surface area contributed by atoms with Crippen LogP contribution in [0, 0.1) is 23.2 Å². The first-order valence-electron chi connectivity index (χ1n) is 10.4. The van der Waals surface area contributed by atoms with Gasteiger partial charge >= 0.3 is 0 Å². The highest BCUT2D eigenvalue weighted by Gasteiger charge is 2.50. The van der Waals surface area contributed by atoms with Crippen LogP contribution in [0.4, 0.5) is 8.78 Å². The Morgan fingerprint density at radius 2 is 1.85 bits per heavy atom. The molecular weight excluding hydrogens is 346 g/mol. The van der Waals surface area contributed by atoms with E-state index in [9.17, 15) is 19.0 Å². The summed E-state index contributed by atoms with van der Waals surface area (Å²) in [4.78, 5) is 0. The molecule has 4 heteroatoms. The van der Waals surface area contributed by atoms with Crippen molar-refractivity contribution in [2.24, 2.45) is 23.2 Å². The van der Waals surface area contributed by atoms with E-state index in [1.54, 1.807) is 0 Å². The van der Waals surface area contributed by atoms with E-state index in [-0.39, 0.29) is 17.8 Å². The van der Waals surface area contributed by atoms with Crippen molar-refractivity contribution in [2.75, 3.05) is 0 Å². The summed E-state index contributed by atoms with van der Waals surface area (Å²) in [5, 5.41) is 20.1. The largest absolute Gasteiger partial charge is 0.388 e. The van der Waals surface area contributed by atoms with Crippen molar-refractivity contribution in [1.29, 1.82) is 0 Å². The predicted octanol–water partition coefficient (Wildman–Crippen LogP) is 5.42. The Kier molecular flexibility index (Phi) is 6.27. The third-order valence-electron chi connectivity index (χ3n) is 7.57. The van der Waals surface area contributed by atoms with Crippen LogP contribution >= 0.6 is 0 Å². The Morgan fingerprint density at radius 3 is 2.48 bits per heavy atom. The van der Waals surface area contributed by atoms with Gasteiger partial charge in [0.2, 0.25) is 6.43 Å². The summed E-state index contributed by atoms with van der Waals surface area (Å²) in [6, 6.07) is 0. The molecule has 0 radical (unpaired) electrons. The first kappa shape index (κ1) is 20.7. The van der Waals surface area contributed by atoms with Gasteiger partial charge in [0.15, 0.2) is 0 Å². The van der Waals surface area contributed by atoms with E-state index in [2.05, 4.69) is 25.7 Å². The minimum absolute atomic E-state index is 0.00966. The lowest BCUT2D eigenvalue weighted by atomic mass is 9.61. The van der Waals surface area contributed by atoms with Gasteiger partial charge in [0.1, 0.15) is 0 Å². The first-order valence-corrected chi connectivity index (χ1v) is 10.4. The fourth-order valence-electron chi connectivity index (χ4n) is 6.08. The molecule has 3 rings (SSSR count). The number of alkyl halides is 2. The van der Waals surface area contributed by atoms with Crippen LogP contribution in [0.3, 0.4) is 0 Å². The van der Waals surface area contributed by atoms with Crippen LogP contribution in [-0.2, 0) is 0 Å². The van der Waals surface area contributed by atoms with Crippen molar-refractivity contribution < 1.29 is 19.0 Å². The van der Waals surface area contributed by atoms with E-state index in [0.29, 0.717) is 30.3 Å². The lowest BCUT2D eigenvalue weighted by Gasteiger charge is -2.44. The molecule has 2 nitrogen and oxygen atoms in total. The second kappa shape index (κ2) is 8.16. The summed E-state index contributed by atoms with van der Waals surface area (Å²) in [6.45, 7) is 8.08. The van der Waals surface area contributed by atoms with Crippen LogP contribution in [0.2, 0.25) is 0 Å². The number of fused-ring (bicyclic) bond motifs is 1. The molecule has 0 aliphatic heterocycles. The molecule has 0 amide bonds. The number of rotatable bonds is 4. The molecule has 0 bridgehead atoms. The highest BCUT2D eigenvalue weighted by Crippen LogP contribution is 2.59. The lowest BCUT2D eigenvalue weighted by Crippen LogP contribution is -2.36. The number of aliphatic hydroxyl groups is 2. The SMILES string of the molecule is C=C1[C@H](O)CC(=CC=C2CCC[C@]3(C)[C@@H]([C@@H](C)CC(F)F)CC[C@@H]23)C[C@H]1O. The van der Waals surface area contributed by atoms with Gasteiger partial charge in [-0.3, -0.25) is 0 Å². The average molecular weight is 381 g/mol. The van der Waals surface area contributed by atoms with E-state index < -0.39 is 18.6 Å². The van der Waals surface area contributed by atoms with Gasteiger partial charge in [-0.1, -0.05) is 43.7 Å². The molecule has 3 saturated carbocycles. The molecule has 0 aromatic rings. The number of hydrogen-bond donors (Lipinski definition) is 2. The molecule has 27 heavy (non-hydrogen) atoms. The normalized spacial score (nSPS) is 39.7. The van der Waals surface area contributed by atoms with Gasteiger partial charge in [-0.2, -0.15) is 0 Å². The van der Waals surface area contributed by atoms with E-state index in [1.165, 1.54) is 5.57 Å². The zero-order valence-electron chi connectivity index (χ0n) is 16.6. The summed E-state index contributed by atoms with van der Waals surface area (Å²) >= 11 is 0. The maximum atomic E-state index is 12.9. The third kappa shape index (κ3) is 4.22. The molecular formula is C23H34F2O2. The fourth-order valence-corrected chi connectivity index (χ4v) is 6.08. The fraction of sp³-hybridized carbons (Fsp3) is 0.739. The summed E-state index contributed by atoms with van der Waals surface area (Å²) < 4.78 is 25.8. The maximum absolute atomic E-state index is 12.9. The molecule has 0 unspecified atom stereocenters. The van der Waals surface area contributed by atoms with Crippen molar-refractivity contribution in [3.63, 3.8) is 0 Å². The van der Waals surface area contributed by atoms with Crippen molar-refractivity contribution in [3.05, 3.63) is 35.5 Å². The molecule has 3 aliphatic rings. The molecule has 0 saturated heterocycles. The number of aliphatic hydroxyl groups excluding tert-OH is 2. The highest BCUT2D eigenvalue weighted by atomic mass is 19.3. The van der Waals surface area contributed by atoms with Crippen molar-refractivity contribution >= 4 is 0 Å². The zero-order chi connectivity index (χ0) is 19.8. The highest BCUT2D eigenvalue weighted by molar-refractivity contribution is 5.29. The van der Waals surface area contributed by atoms with E-state index in [0.717, 1.165) is 37.7 Å². The molecule has 0 heterocycles.